The maximum atomic E-state index is 11.2. The minimum Gasteiger partial charge on any atom is -0.481 e. The molecule has 88 valence electrons. The van der Waals surface area contributed by atoms with Crippen molar-refractivity contribution in [2.24, 2.45) is 0 Å². The van der Waals surface area contributed by atoms with Gasteiger partial charge in [-0.05, 0) is 12.2 Å². The molecule has 0 aromatic heterocycles. The molecule has 1 N–H and O–H groups in total. The minimum atomic E-state index is -0.764. The normalized spacial score (nSPS) is 12.2. The molecule has 0 aliphatic heterocycles. The van der Waals surface area contributed by atoms with Crippen LogP contribution in [0.3, 0.4) is 0 Å². The standard InChI is InChI=1S/C10H19NO3S/c1-8(7-10(13)14)15-6-4-5-9(12)11(2)3/h8H,4-7H2,1-3H3,(H,13,14). The summed E-state index contributed by atoms with van der Waals surface area (Å²) in [4.78, 5) is 23.1. The van der Waals surface area contributed by atoms with Crippen molar-refractivity contribution < 1.29 is 14.7 Å². The van der Waals surface area contributed by atoms with Crippen LogP contribution in [0.4, 0.5) is 0 Å². The first kappa shape index (κ1) is 14.3. The lowest BCUT2D eigenvalue weighted by molar-refractivity contribution is -0.137. The molecule has 0 radical (unpaired) electrons. The lowest BCUT2D eigenvalue weighted by Gasteiger charge is -2.11. The first-order chi connectivity index (χ1) is 6.93. The van der Waals surface area contributed by atoms with Gasteiger partial charge < -0.3 is 10.0 Å². The third-order valence-corrected chi connectivity index (χ3v) is 3.16. The molecule has 0 saturated carbocycles. The van der Waals surface area contributed by atoms with Gasteiger partial charge in [-0.1, -0.05) is 6.92 Å². The molecule has 0 fully saturated rings. The highest BCUT2D eigenvalue weighted by Gasteiger charge is 2.08. The number of rotatable bonds is 7. The number of carboxylic acids is 1. The van der Waals surface area contributed by atoms with E-state index >= 15 is 0 Å². The summed E-state index contributed by atoms with van der Waals surface area (Å²) in [5, 5.41) is 8.65. The summed E-state index contributed by atoms with van der Waals surface area (Å²) in [6.07, 6.45) is 1.54. The molecule has 0 aliphatic carbocycles. The van der Waals surface area contributed by atoms with Crippen molar-refractivity contribution in [3.05, 3.63) is 0 Å². The highest BCUT2D eigenvalue weighted by molar-refractivity contribution is 7.99. The fourth-order valence-corrected chi connectivity index (χ4v) is 2.01. The first-order valence-electron chi connectivity index (χ1n) is 4.97. The van der Waals surface area contributed by atoms with E-state index in [1.807, 2.05) is 6.92 Å². The largest absolute Gasteiger partial charge is 0.481 e. The minimum absolute atomic E-state index is 0.122. The van der Waals surface area contributed by atoms with Gasteiger partial charge in [0.15, 0.2) is 0 Å². The number of hydrogen-bond donors (Lipinski definition) is 1. The Labute approximate surface area is 95.0 Å². The van der Waals surface area contributed by atoms with Gasteiger partial charge in [0, 0.05) is 25.8 Å². The number of carbonyl (C=O) groups is 2. The van der Waals surface area contributed by atoms with Crippen LogP contribution in [0.25, 0.3) is 0 Å². The number of carboxylic acid groups (broad SMARTS) is 1. The summed E-state index contributed by atoms with van der Waals surface area (Å²) in [6.45, 7) is 1.90. The van der Waals surface area contributed by atoms with Crippen molar-refractivity contribution in [2.45, 2.75) is 31.4 Å². The second kappa shape index (κ2) is 7.56. The van der Waals surface area contributed by atoms with E-state index in [9.17, 15) is 9.59 Å². The molecule has 1 unspecified atom stereocenters. The fourth-order valence-electron chi connectivity index (χ4n) is 1.04. The molecule has 15 heavy (non-hydrogen) atoms. The Morgan fingerprint density at radius 1 is 1.40 bits per heavy atom. The van der Waals surface area contributed by atoms with Crippen LogP contribution < -0.4 is 0 Å². The van der Waals surface area contributed by atoms with Crippen LogP contribution in [0.1, 0.15) is 26.2 Å². The number of aliphatic carboxylic acids is 1. The summed E-state index contributed by atoms with van der Waals surface area (Å²) in [5.41, 5.74) is 0. The van der Waals surface area contributed by atoms with Crippen molar-refractivity contribution in [3.8, 4) is 0 Å². The zero-order chi connectivity index (χ0) is 11.8. The molecule has 0 rings (SSSR count). The summed E-state index contributed by atoms with van der Waals surface area (Å²) in [5.74, 6) is 0.203. The van der Waals surface area contributed by atoms with Gasteiger partial charge in [-0.3, -0.25) is 9.59 Å². The van der Waals surface area contributed by atoms with Crippen molar-refractivity contribution in [1.82, 2.24) is 4.90 Å². The molecular formula is C10H19NO3S. The number of hydrogen-bond acceptors (Lipinski definition) is 3. The molecule has 0 spiro atoms. The van der Waals surface area contributed by atoms with Gasteiger partial charge in [-0.2, -0.15) is 11.8 Å². The first-order valence-corrected chi connectivity index (χ1v) is 6.02. The van der Waals surface area contributed by atoms with Crippen LogP contribution >= 0.6 is 11.8 Å². The van der Waals surface area contributed by atoms with E-state index in [2.05, 4.69) is 0 Å². The zero-order valence-electron chi connectivity index (χ0n) is 9.52. The van der Waals surface area contributed by atoms with Gasteiger partial charge in [-0.15, -0.1) is 0 Å². The Morgan fingerprint density at radius 2 is 2.00 bits per heavy atom. The highest BCUT2D eigenvalue weighted by atomic mass is 32.2. The number of carbonyl (C=O) groups excluding carboxylic acids is 1. The predicted octanol–water partition coefficient (Wildman–Crippen LogP) is 1.45. The van der Waals surface area contributed by atoms with Gasteiger partial charge >= 0.3 is 5.97 Å². The smallest absolute Gasteiger partial charge is 0.304 e. The Morgan fingerprint density at radius 3 is 2.47 bits per heavy atom. The molecule has 0 saturated heterocycles. The molecule has 1 atom stereocenters. The molecular weight excluding hydrogens is 214 g/mol. The van der Waals surface area contributed by atoms with Crippen LogP contribution in [0, 0.1) is 0 Å². The van der Waals surface area contributed by atoms with Gasteiger partial charge in [0.2, 0.25) is 5.91 Å². The van der Waals surface area contributed by atoms with Crippen LogP contribution in [0.5, 0.6) is 0 Å². The average Bonchev–Trinajstić information content (AvgIpc) is 2.10. The maximum absolute atomic E-state index is 11.2. The third-order valence-electron chi connectivity index (χ3n) is 1.90. The molecule has 0 aromatic carbocycles. The van der Waals surface area contributed by atoms with Gasteiger partial charge in [0.05, 0.1) is 6.42 Å². The molecule has 0 bridgehead atoms. The monoisotopic (exact) mass is 233 g/mol. The Balaban J connectivity index is 3.46. The highest BCUT2D eigenvalue weighted by Crippen LogP contribution is 2.15. The van der Waals surface area contributed by atoms with E-state index < -0.39 is 5.97 Å². The van der Waals surface area contributed by atoms with Crippen molar-refractivity contribution in [1.29, 1.82) is 0 Å². The molecule has 1 amide bonds. The van der Waals surface area contributed by atoms with Crippen LogP contribution in [-0.4, -0.2) is 47.0 Å². The topological polar surface area (TPSA) is 57.6 Å². The molecule has 0 heterocycles. The second-order valence-electron chi connectivity index (χ2n) is 3.67. The van der Waals surface area contributed by atoms with Gasteiger partial charge in [0.25, 0.3) is 0 Å². The lowest BCUT2D eigenvalue weighted by Crippen LogP contribution is -2.21. The summed E-state index contributed by atoms with van der Waals surface area (Å²) >= 11 is 1.61. The van der Waals surface area contributed by atoms with Crippen molar-refractivity contribution >= 4 is 23.6 Å². The van der Waals surface area contributed by atoms with Crippen molar-refractivity contribution in [2.75, 3.05) is 19.8 Å². The number of amides is 1. The Bertz CT molecular complexity index is 219. The van der Waals surface area contributed by atoms with Crippen LogP contribution in [0.15, 0.2) is 0 Å². The van der Waals surface area contributed by atoms with E-state index in [0.717, 1.165) is 12.2 Å². The Kier molecular flexibility index (Phi) is 7.21. The van der Waals surface area contributed by atoms with Gasteiger partial charge in [0.1, 0.15) is 0 Å². The maximum Gasteiger partial charge on any atom is 0.304 e. The van der Waals surface area contributed by atoms with Crippen LogP contribution in [-0.2, 0) is 9.59 Å². The average molecular weight is 233 g/mol. The predicted molar refractivity (Wildman–Crippen MR) is 62.1 cm³/mol. The molecule has 5 heteroatoms. The fraction of sp³-hybridized carbons (Fsp3) is 0.800. The molecule has 4 nitrogen and oxygen atoms in total. The van der Waals surface area contributed by atoms with E-state index in [4.69, 9.17) is 5.11 Å². The van der Waals surface area contributed by atoms with E-state index in [-0.39, 0.29) is 17.6 Å². The number of thioether (sulfide) groups is 1. The van der Waals surface area contributed by atoms with Gasteiger partial charge in [-0.25, -0.2) is 0 Å². The van der Waals surface area contributed by atoms with E-state index in [1.165, 1.54) is 0 Å². The summed E-state index contributed by atoms with van der Waals surface area (Å²) in [7, 11) is 3.48. The summed E-state index contributed by atoms with van der Waals surface area (Å²) < 4.78 is 0. The number of nitrogens with zero attached hydrogens (tertiary/aromatic N) is 1. The van der Waals surface area contributed by atoms with Crippen LogP contribution in [0.2, 0.25) is 0 Å². The SMILES string of the molecule is CC(CC(=O)O)SCCCC(=O)N(C)C. The molecule has 0 aliphatic rings. The van der Waals surface area contributed by atoms with E-state index in [1.54, 1.807) is 30.8 Å². The van der Waals surface area contributed by atoms with Crippen molar-refractivity contribution in [3.63, 3.8) is 0 Å². The lowest BCUT2D eigenvalue weighted by atomic mass is 10.3. The van der Waals surface area contributed by atoms with E-state index in [0.29, 0.717) is 6.42 Å². The second-order valence-corrected chi connectivity index (χ2v) is 5.22. The summed E-state index contributed by atoms with van der Waals surface area (Å²) in [6, 6.07) is 0. The Hall–Kier alpha value is -0.710. The zero-order valence-corrected chi connectivity index (χ0v) is 10.3. The third kappa shape index (κ3) is 8.30. The molecule has 0 aromatic rings. The quantitative estimate of drug-likeness (QED) is 0.676.